The van der Waals surface area contributed by atoms with Gasteiger partial charge in [0.25, 0.3) is 0 Å². The van der Waals surface area contributed by atoms with Crippen molar-refractivity contribution in [3.63, 3.8) is 0 Å². The second kappa shape index (κ2) is 5.42. The van der Waals surface area contributed by atoms with Crippen LogP contribution in [0.2, 0.25) is 0 Å². The maximum Gasteiger partial charge on any atom is 0.139 e. The third-order valence-corrected chi connectivity index (χ3v) is 4.39. The van der Waals surface area contributed by atoms with Gasteiger partial charge in [0.15, 0.2) is 0 Å². The largest absolute Gasteiger partial charge is 0.399 e. The van der Waals surface area contributed by atoms with E-state index in [-0.39, 0.29) is 5.82 Å². The highest BCUT2D eigenvalue weighted by molar-refractivity contribution is 5.87. The number of H-pyrrole nitrogens is 2. The fraction of sp³-hybridized carbons (Fsp3) is 0. The molecule has 0 aliphatic heterocycles. The zero-order chi connectivity index (χ0) is 17.7. The summed E-state index contributed by atoms with van der Waals surface area (Å²) in [6.07, 6.45) is 0. The summed E-state index contributed by atoms with van der Waals surface area (Å²) in [5.41, 5.74) is 11.4. The van der Waals surface area contributed by atoms with Gasteiger partial charge in [-0.05, 0) is 36.4 Å². The monoisotopic (exact) mass is 343 g/mol. The fourth-order valence-electron chi connectivity index (χ4n) is 3.16. The topological polar surface area (TPSA) is 83.4 Å². The van der Waals surface area contributed by atoms with Crippen LogP contribution in [0.1, 0.15) is 0 Å². The molecule has 2 heterocycles. The van der Waals surface area contributed by atoms with Gasteiger partial charge >= 0.3 is 0 Å². The number of hydrogen-bond donors (Lipinski definition) is 3. The van der Waals surface area contributed by atoms with Crippen LogP contribution < -0.4 is 5.73 Å². The van der Waals surface area contributed by atoms with Crippen LogP contribution in [0.25, 0.3) is 44.8 Å². The number of rotatable bonds is 2. The Kier molecular flexibility index (Phi) is 3.05. The van der Waals surface area contributed by atoms with Gasteiger partial charge in [0.2, 0.25) is 0 Å². The number of benzene rings is 3. The first-order chi connectivity index (χ1) is 12.7. The molecule has 0 amide bonds. The molecule has 5 aromatic rings. The zero-order valence-electron chi connectivity index (χ0n) is 13.6. The van der Waals surface area contributed by atoms with E-state index in [4.69, 9.17) is 5.73 Å². The lowest BCUT2D eigenvalue weighted by Gasteiger charge is -2.04. The minimum Gasteiger partial charge on any atom is -0.399 e. The van der Waals surface area contributed by atoms with E-state index in [1.165, 1.54) is 12.1 Å². The van der Waals surface area contributed by atoms with Crippen LogP contribution in [0.3, 0.4) is 0 Å². The molecular formula is C20H14FN5. The predicted molar refractivity (Wildman–Crippen MR) is 101 cm³/mol. The van der Waals surface area contributed by atoms with E-state index in [0.717, 1.165) is 28.0 Å². The first-order valence-corrected chi connectivity index (χ1v) is 8.18. The Morgan fingerprint density at radius 2 is 1.31 bits per heavy atom. The van der Waals surface area contributed by atoms with Crippen LogP contribution in [0.5, 0.6) is 0 Å². The van der Waals surface area contributed by atoms with Crippen molar-refractivity contribution >= 4 is 27.8 Å². The molecule has 0 unspecified atom stereocenters. The molecule has 0 atom stereocenters. The molecule has 126 valence electrons. The van der Waals surface area contributed by atoms with Crippen molar-refractivity contribution in [3.05, 3.63) is 66.5 Å². The average Bonchev–Trinajstić information content (AvgIpc) is 3.24. The van der Waals surface area contributed by atoms with Crippen molar-refractivity contribution in [3.8, 4) is 22.8 Å². The summed E-state index contributed by atoms with van der Waals surface area (Å²) in [6, 6.07) is 17.9. The van der Waals surface area contributed by atoms with Gasteiger partial charge < -0.3 is 15.7 Å². The molecule has 0 radical (unpaired) electrons. The average molecular weight is 343 g/mol. The molecule has 5 nitrogen and oxygen atoms in total. The van der Waals surface area contributed by atoms with Crippen molar-refractivity contribution in [2.24, 2.45) is 0 Å². The van der Waals surface area contributed by atoms with Gasteiger partial charge in [-0.1, -0.05) is 24.3 Å². The van der Waals surface area contributed by atoms with E-state index in [0.29, 0.717) is 22.5 Å². The number of halogens is 1. The van der Waals surface area contributed by atoms with Crippen LogP contribution in [0, 0.1) is 5.82 Å². The maximum absolute atomic E-state index is 13.5. The quantitative estimate of drug-likeness (QED) is 0.413. The van der Waals surface area contributed by atoms with Gasteiger partial charge in [-0.15, -0.1) is 0 Å². The molecule has 26 heavy (non-hydrogen) atoms. The van der Waals surface area contributed by atoms with Crippen molar-refractivity contribution in [1.29, 1.82) is 0 Å². The molecule has 2 aromatic heterocycles. The SMILES string of the molecule is Nc1ccc2nc(-c3ccccc3-c3nc4ccc(F)cc4[nH]3)[nH]c2c1. The molecule has 0 aliphatic carbocycles. The third kappa shape index (κ3) is 2.31. The maximum atomic E-state index is 13.5. The van der Waals surface area contributed by atoms with Gasteiger partial charge in [-0.25, -0.2) is 14.4 Å². The van der Waals surface area contributed by atoms with E-state index < -0.39 is 0 Å². The molecular weight excluding hydrogens is 329 g/mol. The molecule has 0 aliphatic rings. The smallest absolute Gasteiger partial charge is 0.139 e. The van der Waals surface area contributed by atoms with Crippen molar-refractivity contribution in [2.45, 2.75) is 0 Å². The zero-order valence-corrected chi connectivity index (χ0v) is 13.6. The molecule has 5 rings (SSSR count). The standard InChI is InChI=1S/C20H14FN5/c21-11-5-7-15-17(9-11)25-19(23-15)13-3-1-2-4-14(13)20-24-16-8-6-12(22)10-18(16)26-20/h1-10H,22H2,(H,23,25)(H,24,26). The number of aromatic amines is 2. The van der Waals surface area contributed by atoms with Gasteiger partial charge in [-0.2, -0.15) is 0 Å². The number of nitrogen functional groups attached to an aromatic ring is 1. The Labute approximate surface area is 147 Å². The highest BCUT2D eigenvalue weighted by Crippen LogP contribution is 2.31. The van der Waals surface area contributed by atoms with Crippen LogP contribution in [0.15, 0.2) is 60.7 Å². The van der Waals surface area contributed by atoms with Crippen molar-refractivity contribution in [2.75, 3.05) is 5.73 Å². The van der Waals surface area contributed by atoms with E-state index >= 15 is 0 Å². The van der Waals surface area contributed by atoms with Gasteiger partial charge in [0.1, 0.15) is 17.5 Å². The van der Waals surface area contributed by atoms with Crippen LogP contribution in [-0.2, 0) is 0 Å². The summed E-state index contributed by atoms with van der Waals surface area (Å²) in [7, 11) is 0. The highest BCUT2D eigenvalue weighted by atomic mass is 19.1. The highest BCUT2D eigenvalue weighted by Gasteiger charge is 2.14. The molecule has 0 fully saturated rings. The Hall–Kier alpha value is -3.67. The first-order valence-electron chi connectivity index (χ1n) is 8.18. The Morgan fingerprint density at radius 3 is 1.96 bits per heavy atom. The van der Waals surface area contributed by atoms with E-state index in [1.54, 1.807) is 6.07 Å². The summed E-state index contributed by atoms with van der Waals surface area (Å²) in [5, 5.41) is 0. The Morgan fingerprint density at radius 1 is 0.731 bits per heavy atom. The van der Waals surface area contributed by atoms with Gasteiger partial charge in [0.05, 0.1) is 22.1 Å². The molecule has 4 N–H and O–H groups in total. The number of hydrogen-bond acceptors (Lipinski definition) is 3. The van der Waals surface area contributed by atoms with Crippen molar-refractivity contribution in [1.82, 2.24) is 19.9 Å². The number of imidazole rings is 2. The Bertz CT molecular complexity index is 1170. The second-order valence-electron chi connectivity index (χ2n) is 6.15. The van der Waals surface area contributed by atoms with E-state index in [1.807, 2.05) is 42.5 Å². The lowest BCUT2D eigenvalue weighted by Crippen LogP contribution is -1.88. The molecule has 0 bridgehead atoms. The summed E-state index contributed by atoms with van der Waals surface area (Å²) in [4.78, 5) is 15.8. The molecule has 0 spiro atoms. The molecule has 0 saturated carbocycles. The number of anilines is 1. The Balaban J connectivity index is 1.70. The first kappa shape index (κ1) is 14.7. The summed E-state index contributed by atoms with van der Waals surface area (Å²) in [5.74, 6) is 1.10. The predicted octanol–water partition coefficient (Wildman–Crippen LogP) is 4.49. The minimum atomic E-state index is -0.296. The van der Waals surface area contributed by atoms with Gasteiger partial charge in [-0.3, -0.25) is 0 Å². The summed E-state index contributed by atoms with van der Waals surface area (Å²) >= 11 is 0. The lowest BCUT2D eigenvalue weighted by molar-refractivity contribution is 0.629. The fourth-order valence-corrected chi connectivity index (χ4v) is 3.16. The van der Waals surface area contributed by atoms with Crippen molar-refractivity contribution < 1.29 is 4.39 Å². The van der Waals surface area contributed by atoms with E-state index in [2.05, 4.69) is 19.9 Å². The third-order valence-electron chi connectivity index (χ3n) is 4.39. The number of aromatic nitrogens is 4. The van der Waals surface area contributed by atoms with Gasteiger partial charge in [0, 0.05) is 16.8 Å². The van der Waals surface area contributed by atoms with Crippen LogP contribution in [-0.4, -0.2) is 19.9 Å². The number of nitrogens with one attached hydrogen (secondary N) is 2. The van der Waals surface area contributed by atoms with Crippen LogP contribution in [0.4, 0.5) is 10.1 Å². The molecule has 3 aromatic carbocycles. The molecule has 6 heteroatoms. The summed E-state index contributed by atoms with van der Waals surface area (Å²) in [6.45, 7) is 0. The normalized spacial score (nSPS) is 11.4. The minimum absolute atomic E-state index is 0.296. The number of nitrogens with two attached hydrogens (primary N) is 1. The second-order valence-corrected chi connectivity index (χ2v) is 6.15. The summed E-state index contributed by atoms with van der Waals surface area (Å²) < 4.78 is 13.5. The van der Waals surface area contributed by atoms with E-state index in [9.17, 15) is 4.39 Å². The lowest BCUT2D eigenvalue weighted by atomic mass is 10.1. The van der Waals surface area contributed by atoms with Crippen LogP contribution >= 0.6 is 0 Å². The number of fused-ring (bicyclic) bond motifs is 2. The number of nitrogens with zero attached hydrogens (tertiary/aromatic N) is 2. The molecule has 0 saturated heterocycles.